The second kappa shape index (κ2) is 10.4. The number of aryl methyl sites for hydroxylation is 1. The van der Waals surface area contributed by atoms with Gasteiger partial charge in [0.1, 0.15) is 0 Å². The maximum atomic E-state index is 12.3. The van der Waals surface area contributed by atoms with Crippen molar-refractivity contribution in [3.8, 4) is 0 Å². The molecule has 27 heavy (non-hydrogen) atoms. The number of ether oxygens (including phenoxy) is 1. The second-order valence-electron chi connectivity index (χ2n) is 6.41. The summed E-state index contributed by atoms with van der Waals surface area (Å²) in [6.45, 7) is 4.96. The van der Waals surface area contributed by atoms with Crippen LogP contribution in [0.4, 0.5) is 15.3 Å². The van der Waals surface area contributed by atoms with Crippen LogP contribution in [0.15, 0.2) is 24.3 Å². The molecule has 1 fully saturated rings. The normalized spacial score (nSPS) is 16.4. The number of urea groups is 1. The van der Waals surface area contributed by atoms with Crippen molar-refractivity contribution in [1.29, 1.82) is 0 Å². The van der Waals surface area contributed by atoms with Crippen molar-refractivity contribution in [3.63, 3.8) is 0 Å². The Kier molecular flexibility index (Phi) is 7.91. The average Bonchev–Trinajstić information content (AvgIpc) is 2.66. The molecule has 1 heterocycles. The predicted molar refractivity (Wildman–Crippen MR) is 103 cm³/mol. The molecule has 1 aliphatic heterocycles. The number of benzene rings is 1. The van der Waals surface area contributed by atoms with Crippen LogP contribution in [0.1, 0.15) is 32.3 Å². The molecule has 3 N–H and O–H groups in total. The molecule has 1 aromatic carbocycles. The van der Waals surface area contributed by atoms with Gasteiger partial charge in [-0.05, 0) is 43.9 Å². The van der Waals surface area contributed by atoms with Gasteiger partial charge in [0.15, 0.2) is 0 Å². The van der Waals surface area contributed by atoms with Crippen LogP contribution in [0.25, 0.3) is 0 Å². The number of anilines is 1. The number of nitrogens with zero attached hydrogens (tertiary/aromatic N) is 1. The molecule has 0 aliphatic carbocycles. The molecule has 0 spiro atoms. The minimum atomic E-state index is -0.474. The van der Waals surface area contributed by atoms with Gasteiger partial charge in [0.2, 0.25) is 5.91 Å². The van der Waals surface area contributed by atoms with Crippen LogP contribution in [0.3, 0.4) is 0 Å². The Bertz CT molecular complexity index is 665. The van der Waals surface area contributed by atoms with Crippen LogP contribution < -0.4 is 16.0 Å². The highest BCUT2D eigenvalue weighted by atomic mass is 16.5. The van der Waals surface area contributed by atoms with Crippen molar-refractivity contribution >= 4 is 23.7 Å². The minimum Gasteiger partial charge on any atom is -0.450 e. The fraction of sp³-hybridized carbons (Fsp3) is 0.526. The third-order valence-corrected chi connectivity index (χ3v) is 4.33. The van der Waals surface area contributed by atoms with Crippen molar-refractivity contribution in [2.45, 2.75) is 39.2 Å². The average molecular weight is 376 g/mol. The lowest BCUT2D eigenvalue weighted by Crippen LogP contribution is -2.53. The van der Waals surface area contributed by atoms with Crippen molar-refractivity contribution in [2.75, 3.05) is 31.6 Å². The molecule has 0 saturated carbocycles. The first-order valence-corrected chi connectivity index (χ1v) is 9.36. The van der Waals surface area contributed by atoms with Gasteiger partial charge in [-0.2, -0.15) is 0 Å². The zero-order valence-corrected chi connectivity index (χ0v) is 15.9. The SMILES string of the molecule is CCOC(=O)N[C@H]1CCCN(C(=O)NCC(=O)Nc2cccc(CC)c2)C1. The third kappa shape index (κ3) is 6.80. The first-order valence-electron chi connectivity index (χ1n) is 9.36. The van der Waals surface area contributed by atoms with Crippen molar-refractivity contribution in [1.82, 2.24) is 15.5 Å². The van der Waals surface area contributed by atoms with E-state index in [0.717, 1.165) is 24.8 Å². The summed E-state index contributed by atoms with van der Waals surface area (Å²) in [5.74, 6) is -0.283. The predicted octanol–water partition coefficient (Wildman–Crippen LogP) is 2.11. The summed E-state index contributed by atoms with van der Waals surface area (Å²) in [7, 11) is 0. The van der Waals surface area contributed by atoms with E-state index in [9.17, 15) is 14.4 Å². The molecule has 2 rings (SSSR count). The molecule has 1 aromatic rings. The molecule has 1 saturated heterocycles. The maximum absolute atomic E-state index is 12.3. The smallest absolute Gasteiger partial charge is 0.407 e. The van der Waals surface area contributed by atoms with Crippen LogP contribution in [-0.4, -0.2) is 55.2 Å². The molecule has 0 unspecified atom stereocenters. The lowest BCUT2D eigenvalue weighted by molar-refractivity contribution is -0.115. The molecule has 1 aliphatic rings. The lowest BCUT2D eigenvalue weighted by Gasteiger charge is -2.32. The summed E-state index contributed by atoms with van der Waals surface area (Å²) in [5, 5.41) is 8.16. The van der Waals surface area contributed by atoms with Crippen LogP contribution in [0.2, 0.25) is 0 Å². The van der Waals surface area contributed by atoms with Crippen LogP contribution >= 0.6 is 0 Å². The van der Waals surface area contributed by atoms with Gasteiger partial charge < -0.3 is 25.6 Å². The Labute approximate surface area is 159 Å². The van der Waals surface area contributed by atoms with Gasteiger partial charge in [0, 0.05) is 24.8 Å². The summed E-state index contributed by atoms with van der Waals surface area (Å²) >= 11 is 0. The summed E-state index contributed by atoms with van der Waals surface area (Å²) in [6.07, 6.45) is 1.98. The van der Waals surface area contributed by atoms with Gasteiger partial charge >= 0.3 is 12.1 Å². The number of alkyl carbamates (subject to hydrolysis) is 1. The summed E-state index contributed by atoms with van der Waals surface area (Å²) < 4.78 is 4.87. The van der Waals surface area contributed by atoms with E-state index in [2.05, 4.69) is 16.0 Å². The van der Waals surface area contributed by atoms with Crippen molar-refractivity contribution < 1.29 is 19.1 Å². The van der Waals surface area contributed by atoms with Crippen LogP contribution in [0.5, 0.6) is 0 Å². The quantitative estimate of drug-likeness (QED) is 0.708. The first-order chi connectivity index (χ1) is 13.0. The molecular weight excluding hydrogens is 348 g/mol. The van der Waals surface area contributed by atoms with Gasteiger partial charge in [0.25, 0.3) is 0 Å². The molecule has 0 bridgehead atoms. The molecule has 8 nitrogen and oxygen atoms in total. The number of amides is 4. The Morgan fingerprint density at radius 1 is 1.26 bits per heavy atom. The van der Waals surface area contributed by atoms with Gasteiger partial charge in [-0.1, -0.05) is 19.1 Å². The fourth-order valence-electron chi connectivity index (χ4n) is 2.96. The number of nitrogens with one attached hydrogen (secondary N) is 3. The highest BCUT2D eigenvalue weighted by molar-refractivity contribution is 5.94. The van der Waals surface area contributed by atoms with Crippen LogP contribution in [-0.2, 0) is 16.0 Å². The van der Waals surface area contributed by atoms with E-state index >= 15 is 0 Å². The second-order valence-corrected chi connectivity index (χ2v) is 6.41. The number of rotatable bonds is 6. The van der Waals surface area contributed by atoms with E-state index in [0.29, 0.717) is 25.4 Å². The zero-order chi connectivity index (χ0) is 19.6. The van der Waals surface area contributed by atoms with E-state index in [1.54, 1.807) is 11.8 Å². The van der Waals surface area contributed by atoms with E-state index in [4.69, 9.17) is 4.74 Å². The minimum absolute atomic E-state index is 0.109. The molecule has 0 aromatic heterocycles. The third-order valence-electron chi connectivity index (χ3n) is 4.33. The Balaban J connectivity index is 1.77. The highest BCUT2D eigenvalue weighted by Gasteiger charge is 2.25. The Morgan fingerprint density at radius 2 is 2.07 bits per heavy atom. The molecule has 4 amide bonds. The topological polar surface area (TPSA) is 99.8 Å². The number of carbonyl (C=O) groups is 3. The van der Waals surface area contributed by atoms with Gasteiger partial charge in [-0.15, -0.1) is 0 Å². The van der Waals surface area contributed by atoms with Crippen molar-refractivity contribution in [3.05, 3.63) is 29.8 Å². The van der Waals surface area contributed by atoms with E-state index in [-0.39, 0.29) is 24.5 Å². The highest BCUT2D eigenvalue weighted by Crippen LogP contribution is 2.12. The van der Waals surface area contributed by atoms with Gasteiger partial charge in [-0.25, -0.2) is 9.59 Å². The number of hydrogen-bond donors (Lipinski definition) is 3. The first kappa shape index (κ1) is 20.5. The molecule has 0 radical (unpaired) electrons. The largest absolute Gasteiger partial charge is 0.450 e. The Hall–Kier alpha value is -2.77. The zero-order valence-electron chi connectivity index (χ0n) is 15.9. The number of carbonyl (C=O) groups excluding carboxylic acids is 3. The van der Waals surface area contributed by atoms with E-state index < -0.39 is 6.09 Å². The van der Waals surface area contributed by atoms with Crippen molar-refractivity contribution in [2.24, 2.45) is 0 Å². The number of piperidine rings is 1. The number of likely N-dealkylation sites (tertiary alicyclic amines) is 1. The molecule has 1 atom stereocenters. The van der Waals surface area contributed by atoms with Gasteiger partial charge in [0.05, 0.1) is 13.2 Å². The molecular formula is C19H28N4O4. The lowest BCUT2D eigenvalue weighted by atomic mass is 10.1. The summed E-state index contributed by atoms with van der Waals surface area (Å²) in [5.41, 5.74) is 1.84. The summed E-state index contributed by atoms with van der Waals surface area (Å²) in [4.78, 5) is 37.5. The van der Waals surface area contributed by atoms with E-state index in [1.165, 1.54) is 0 Å². The van der Waals surface area contributed by atoms with E-state index in [1.807, 2.05) is 31.2 Å². The van der Waals surface area contributed by atoms with Gasteiger partial charge in [-0.3, -0.25) is 4.79 Å². The summed E-state index contributed by atoms with van der Waals surface area (Å²) in [6, 6.07) is 7.15. The Morgan fingerprint density at radius 3 is 2.81 bits per heavy atom. The maximum Gasteiger partial charge on any atom is 0.407 e. The van der Waals surface area contributed by atoms with Crippen LogP contribution in [0, 0.1) is 0 Å². The monoisotopic (exact) mass is 376 g/mol. The number of hydrogen-bond acceptors (Lipinski definition) is 4. The standard InChI is InChI=1S/C19H28N4O4/c1-3-14-7-5-8-15(11-14)21-17(24)12-20-18(25)23-10-6-9-16(13-23)22-19(26)27-4-2/h5,7-8,11,16H,3-4,6,9-10,12-13H2,1-2H3,(H,20,25)(H,21,24)(H,22,26)/t16-/m0/s1. The fourth-order valence-corrected chi connectivity index (χ4v) is 2.96. The molecule has 8 heteroatoms. The molecule has 148 valence electrons.